The van der Waals surface area contributed by atoms with Crippen molar-refractivity contribution < 1.29 is 14.7 Å². The minimum absolute atomic E-state index is 0.0554. The zero-order valence-corrected chi connectivity index (χ0v) is 14.8. The smallest absolute Gasteiger partial charge is 0.311 e. The molecule has 0 unspecified atom stereocenters. The summed E-state index contributed by atoms with van der Waals surface area (Å²) in [5.74, 6) is -0.169. The van der Waals surface area contributed by atoms with Crippen molar-refractivity contribution in [2.24, 2.45) is 11.3 Å². The molecular weight excluding hydrogens is 332 g/mol. The molecule has 2 aromatic heterocycles. The van der Waals surface area contributed by atoms with Gasteiger partial charge in [-0.05, 0) is 37.3 Å². The van der Waals surface area contributed by atoms with Crippen LogP contribution in [0.5, 0.6) is 0 Å². The van der Waals surface area contributed by atoms with Crippen molar-refractivity contribution in [3.05, 3.63) is 41.9 Å². The van der Waals surface area contributed by atoms with E-state index in [0.717, 1.165) is 18.5 Å². The molecule has 1 N–H and O–H groups in total. The highest BCUT2D eigenvalue weighted by Crippen LogP contribution is 2.49. The molecule has 1 aliphatic heterocycles. The fourth-order valence-corrected chi connectivity index (χ4v) is 4.53. The van der Waals surface area contributed by atoms with Crippen LogP contribution in [0.2, 0.25) is 0 Å². The topological polar surface area (TPSA) is 88.3 Å². The Hall–Kier alpha value is -2.70. The second-order valence-electron chi connectivity index (χ2n) is 7.19. The van der Waals surface area contributed by atoms with Gasteiger partial charge in [0.2, 0.25) is 0 Å². The quantitative estimate of drug-likeness (QED) is 0.909. The number of nitrogens with zero attached hydrogens (tertiary/aromatic N) is 4. The van der Waals surface area contributed by atoms with Crippen LogP contribution in [0.25, 0.3) is 5.82 Å². The van der Waals surface area contributed by atoms with Gasteiger partial charge in [-0.3, -0.25) is 9.59 Å². The predicted molar refractivity (Wildman–Crippen MR) is 94.1 cm³/mol. The number of carbonyl (C=O) groups excluding carboxylic acids is 1. The molecule has 1 amide bonds. The molecule has 4 rings (SSSR count). The van der Waals surface area contributed by atoms with Crippen LogP contribution in [0, 0.1) is 11.3 Å². The standard InChI is InChI=1S/C19H22N4O3/c1-2-15-14(10-21-23(15)16-7-3-4-9-20-16)17(24)22-11-13-6-5-8-19(13,12-22)18(25)26/h3-4,7,9-10,13H,2,5-6,8,11-12H2,1H3,(H,25,26)/t13-,19+/m0/s1. The fourth-order valence-electron chi connectivity index (χ4n) is 4.53. The minimum atomic E-state index is -0.768. The van der Waals surface area contributed by atoms with E-state index in [0.29, 0.717) is 37.3 Å². The summed E-state index contributed by atoms with van der Waals surface area (Å²) in [4.78, 5) is 31.0. The summed E-state index contributed by atoms with van der Waals surface area (Å²) in [5.41, 5.74) is 0.577. The molecule has 1 saturated carbocycles. The molecule has 0 radical (unpaired) electrons. The first-order valence-electron chi connectivity index (χ1n) is 9.08. The maximum absolute atomic E-state index is 13.1. The molecule has 0 aromatic carbocycles. The Morgan fingerprint density at radius 1 is 1.38 bits per heavy atom. The van der Waals surface area contributed by atoms with Crippen molar-refractivity contribution in [3.63, 3.8) is 0 Å². The van der Waals surface area contributed by atoms with Crippen molar-refractivity contribution in [2.75, 3.05) is 13.1 Å². The van der Waals surface area contributed by atoms with E-state index in [1.807, 2.05) is 25.1 Å². The van der Waals surface area contributed by atoms with Crippen LogP contribution in [0.4, 0.5) is 0 Å². The summed E-state index contributed by atoms with van der Waals surface area (Å²) in [5, 5.41) is 14.1. The Kier molecular flexibility index (Phi) is 4.01. The second-order valence-corrected chi connectivity index (χ2v) is 7.19. The van der Waals surface area contributed by atoms with Gasteiger partial charge in [0.15, 0.2) is 5.82 Å². The van der Waals surface area contributed by atoms with E-state index in [4.69, 9.17) is 0 Å². The molecule has 2 fully saturated rings. The van der Waals surface area contributed by atoms with E-state index in [1.54, 1.807) is 22.0 Å². The number of hydrogen-bond donors (Lipinski definition) is 1. The lowest BCUT2D eigenvalue weighted by molar-refractivity contribution is -0.149. The van der Waals surface area contributed by atoms with Gasteiger partial charge < -0.3 is 10.0 Å². The normalized spacial score (nSPS) is 24.7. The van der Waals surface area contributed by atoms with Gasteiger partial charge in [-0.15, -0.1) is 0 Å². The largest absolute Gasteiger partial charge is 0.481 e. The van der Waals surface area contributed by atoms with Crippen LogP contribution in [-0.4, -0.2) is 49.7 Å². The molecule has 26 heavy (non-hydrogen) atoms. The number of likely N-dealkylation sites (tertiary alicyclic amines) is 1. The number of carboxylic acid groups (broad SMARTS) is 1. The molecule has 3 heterocycles. The van der Waals surface area contributed by atoms with Gasteiger partial charge in [0.05, 0.1) is 22.9 Å². The molecule has 7 heteroatoms. The van der Waals surface area contributed by atoms with Gasteiger partial charge in [0.1, 0.15) is 0 Å². The Labute approximate surface area is 151 Å². The van der Waals surface area contributed by atoms with Crippen molar-refractivity contribution in [3.8, 4) is 5.82 Å². The number of aromatic nitrogens is 3. The Morgan fingerprint density at radius 3 is 2.88 bits per heavy atom. The molecular formula is C19H22N4O3. The van der Waals surface area contributed by atoms with Crippen molar-refractivity contribution >= 4 is 11.9 Å². The third-order valence-corrected chi connectivity index (χ3v) is 5.88. The summed E-state index contributed by atoms with van der Waals surface area (Å²) >= 11 is 0. The first kappa shape index (κ1) is 16.8. The molecule has 7 nitrogen and oxygen atoms in total. The average Bonchev–Trinajstić information content (AvgIpc) is 3.33. The van der Waals surface area contributed by atoms with Crippen molar-refractivity contribution in [2.45, 2.75) is 32.6 Å². The maximum Gasteiger partial charge on any atom is 0.311 e. The molecule has 2 aliphatic rings. The number of hydrogen-bond acceptors (Lipinski definition) is 4. The number of rotatable bonds is 4. The highest BCUT2D eigenvalue weighted by atomic mass is 16.4. The number of carbonyl (C=O) groups is 2. The molecule has 1 aliphatic carbocycles. The van der Waals surface area contributed by atoms with Gasteiger partial charge >= 0.3 is 5.97 Å². The number of pyridine rings is 1. The first-order chi connectivity index (χ1) is 12.6. The van der Waals surface area contributed by atoms with Crippen LogP contribution in [0.3, 0.4) is 0 Å². The van der Waals surface area contributed by atoms with E-state index < -0.39 is 11.4 Å². The third-order valence-electron chi connectivity index (χ3n) is 5.88. The van der Waals surface area contributed by atoms with E-state index in [2.05, 4.69) is 10.1 Å². The van der Waals surface area contributed by atoms with Gasteiger partial charge in [0, 0.05) is 19.3 Å². The summed E-state index contributed by atoms with van der Waals surface area (Å²) in [6.45, 7) is 2.79. The zero-order valence-electron chi connectivity index (χ0n) is 14.8. The van der Waals surface area contributed by atoms with Crippen LogP contribution >= 0.6 is 0 Å². The lowest BCUT2D eigenvalue weighted by atomic mass is 9.81. The lowest BCUT2D eigenvalue weighted by Gasteiger charge is -2.23. The number of amides is 1. The molecule has 136 valence electrons. The van der Waals surface area contributed by atoms with Crippen LogP contribution in [-0.2, 0) is 11.2 Å². The lowest BCUT2D eigenvalue weighted by Crippen LogP contribution is -2.37. The molecule has 2 aromatic rings. The SMILES string of the molecule is CCc1c(C(=O)N2C[C@@H]3CCC[C@@]3(C(=O)O)C2)cnn1-c1ccccn1. The monoisotopic (exact) mass is 354 g/mol. The maximum atomic E-state index is 13.1. The Balaban J connectivity index is 1.64. The van der Waals surface area contributed by atoms with E-state index in [-0.39, 0.29) is 11.8 Å². The van der Waals surface area contributed by atoms with Gasteiger partial charge in [-0.25, -0.2) is 9.67 Å². The summed E-state index contributed by atoms with van der Waals surface area (Å²) in [7, 11) is 0. The van der Waals surface area contributed by atoms with E-state index >= 15 is 0 Å². The minimum Gasteiger partial charge on any atom is -0.481 e. The van der Waals surface area contributed by atoms with Gasteiger partial charge in [-0.1, -0.05) is 19.4 Å². The Morgan fingerprint density at radius 2 is 2.23 bits per heavy atom. The van der Waals surface area contributed by atoms with Gasteiger partial charge in [0.25, 0.3) is 5.91 Å². The molecule has 2 atom stereocenters. The zero-order chi connectivity index (χ0) is 18.3. The van der Waals surface area contributed by atoms with E-state index in [9.17, 15) is 14.7 Å². The average molecular weight is 354 g/mol. The molecule has 1 saturated heterocycles. The highest BCUT2D eigenvalue weighted by molar-refractivity contribution is 5.96. The molecule has 0 spiro atoms. The van der Waals surface area contributed by atoms with Gasteiger partial charge in [-0.2, -0.15) is 5.10 Å². The third kappa shape index (κ3) is 2.41. The predicted octanol–water partition coefficient (Wildman–Crippen LogP) is 2.16. The van der Waals surface area contributed by atoms with Crippen molar-refractivity contribution in [1.82, 2.24) is 19.7 Å². The highest BCUT2D eigenvalue weighted by Gasteiger charge is 2.56. The molecule has 0 bridgehead atoms. The first-order valence-corrected chi connectivity index (χ1v) is 9.08. The number of fused-ring (bicyclic) bond motifs is 1. The summed E-state index contributed by atoms with van der Waals surface area (Å²) < 4.78 is 1.69. The van der Waals surface area contributed by atoms with Crippen LogP contribution in [0.15, 0.2) is 30.6 Å². The van der Waals surface area contributed by atoms with Crippen molar-refractivity contribution in [1.29, 1.82) is 0 Å². The van der Waals surface area contributed by atoms with Crippen LogP contribution in [0.1, 0.15) is 42.2 Å². The number of carboxylic acids is 1. The number of aliphatic carboxylic acids is 1. The van der Waals surface area contributed by atoms with E-state index in [1.165, 1.54) is 0 Å². The Bertz CT molecular complexity index is 848. The van der Waals surface area contributed by atoms with Crippen LogP contribution < -0.4 is 0 Å². The summed E-state index contributed by atoms with van der Waals surface area (Å²) in [6.07, 6.45) is 6.37. The fraction of sp³-hybridized carbons (Fsp3) is 0.474. The summed E-state index contributed by atoms with van der Waals surface area (Å²) in [6, 6.07) is 5.56. The second kappa shape index (κ2) is 6.23.